The van der Waals surface area contributed by atoms with Gasteiger partial charge in [-0.1, -0.05) is 15.9 Å². The zero-order chi connectivity index (χ0) is 13.7. The van der Waals surface area contributed by atoms with E-state index in [1.165, 1.54) is 25.9 Å². The lowest BCUT2D eigenvalue weighted by atomic mass is 10.1. The van der Waals surface area contributed by atoms with Crippen LogP contribution in [0, 0.1) is 0 Å². The second-order valence-corrected chi connectivity index (χ2v) is 6.02. The van der Waals surface area contributed by atoms with Crippen LogP contribution >= 0.6 is 15.9 Å². The summed E-state index contributed by atoms with van der Waals surface area (Å²) in [7, 11) is 0. The molecule has 4 heteroatoms. The van der Waals surface area contributed by atoms with Gasteiger partial charge < -0.3 is 14.7 Å². The Morgan fingerprint density at radius 2 is 2.11 bits per heavy atom. The molecule has 0 aliphatic carbocycles. The summed E-state index contributed by atoms with van der Waals surface area (Å²) in [5.41, 5.74) is 0.843. The molecule has 2 rings (SSSR count). The molecule has 1 unspecified atom stereocenters. The van der Waals surface area contributed by atoms with Crippen LogP contribution in [0.3, 0.4) is 0 Å². The molecule has 0 radical (unpaired) electrons. The van der Waals surface area contributed by atoms with Crippen LogP contribution in [-0.2, 0) is 0 Å². The zero-order valence-electron chi connectivity index (χ0n) is 11.4. The number of benzene rings is 1. The van der Waals surface area contributed by atoms with E-state index in [-0.39, 0.29) is 0 Å². The standard InChI is InChI=1S/C15H22BrNO2/c1-12(18)14-11-13(16)5-6-15(14)19-10-4-9-17-7-2-3-8-17/h5-6,11-12,18H,2-4,7-10H2,1H3. The summed E-state index contributed by atoms with van der Waals surface area (Å²) in [5.74, 6) is 0.791. The van der Waals surface area contributed by atoms with E-state index in [2.05, 4.69) is 20.8 Å². The SMILES string of the molecule is CC(O)c1cc(Br)ccc1OCCCN1CCCC1. The van der Waals surface area contributed by atoms with Crippen LogP contribution in [-0.4, -0.2) is 36.2 Å². The minimum absolute atomic E-state index is 0.508. The molecule has 0 saturated carbocycles. The van der Waals surface area contributed by atoms with Crippen LogP contribution in [0.2, 0.25) is 0 Å². The van der Waals surface area contributed by atoms with E-state index < -0.39 is 6.10 Å². The molecule has 106 valence electrons. The molecule has 1 N–H and O–H groups in total. The molecule has 1 fully saturated rings. The van der Waals surface area contributed by atoms with E-state index in [9.17, 15) is 5.11 Å². The van der Waals surface area contributed by atoms with Crippen molar-refractivity contribution in [3.05, 3.63) is 28.2 Å². The lowest BCUT2D eigenvalue weighted by molar-refractivity contribution is 0.189. The van der Waals surface area contributed by atoms with E-state index in [0.717, 1.165) is 28.8 Å². The van der Waals surface area contributed by atoms with Gasteiger partial charge in [0.05, 0.1) is 12.7 Å². The highest BCUT2D eigenvalue weighted by Crippen LogP contribution is 2.28. The van der Waals surface area contributed by atoms with Gasteiger partial charge in [-0.3, -0.25) is 0 Å². The number of aliphatic hydroxyl groups is 1. The molecule has 1 aliphatic heterocycles. The predicted molar refractivity (Wildman–Crippen MR) is 80.6 cm³/mol. The summed E-state index contributed by atoms with van der Waals surface area (Å²) < 4.78 is 6.77. The highest BCUT2D eigenvalue weighted by Gasteiger charge is 2.12. The Balaban J connectivity index is 1.81. The zero-order valence-corrected chi connectivity index (χ0v) is 13.0. The topological polar surface area (TPSA) is 32.7 Å². The van der Waals surface area contributed by atoms with Crippen LogP contribution in [0.15, 0.2) is 22.7 Å². The molecule has 3 nitrogen and oxygen atoms in total. The van der Waals surface area contributed by atoms with Crippen molar-refractivity contribution in [1.82, 2.24) is 4.90 Å². The number of rotatable bonds is 6. The number of ether oxygens (including phenoxy) is 1. The Bertz CT molecular complexity index is 403. The molecule has 0 aromatic heterocycles. The number of likely N-dealkylation sites (tertiary alicyclic amines) is 1. The van der Waals surface area contributed by atoms with Gasteiger partial charge in [0.1, 0.15) is 5.75 Å². The Hall–Kier alpha value is -0.580. The summed E-state index contributed by atoms with van der Waals surface area (Å²) in [6.45, 7) is 6.05. The van der Waals surface area contributed by atoms with Crippen molar-refractivity contribution in [2.24, 2.45) is 0 Å². The number of hydrogen-bond donors (Lipinski definition) is 1. The largest absolute Gasteiger partial charge is 0.493 e. The molecule has 1 aromatic rings. The molecule has 1 aromatic carbocycles. The second-order valence-electron chi connectivity index (χ2n) is 5.11. The first-order chi connectivity index (χ1) is 9.16. The highest BCUT2D eigenvalue weighted by atomic mass is 79.9. The van der Waals surface area contributed by atoms with Crippen molar-refractivity contribution in [2.75, 3.05) is 26.2 Å². The van der Waals surface area contributed by atoms with Crippen LogP contribution in [0.25, 0.3) is 0 Å². The van der Waals surface area contributed by atoms with Gasteiger partial charge in [0, 0.05) is 16.6 Å². The fourth-order valence-corrected chi connectivity index (χ4v) is 2.83. The number of nitrogens with zero attached hydrogens (tertiary/aromatic N) is 1. The van der Waals surface area contributed by atoms with E-state index in [4.69, 9.17) is 4.74 Å². The molecule has 0 amide bonds. The quantitative estimate of drug-likeness (QED) is 0.813. The third kappa shape index (κ3) is 4.48. The maximum absolute atomic E-state index is 9.75. The summed E-state index contributed by atoms with van der Waals surface area (Å²) in [5, 5.41) is 9.75. The normalized spacial score (nSPS) is 17.6. The summed E-state index contributed by atoms with van der Waals surface area (Å²) in [6.07, 6.45) is 3.19. The molecule has 1 heterocycles. The molecule has 1 saturated heterocycles. The first-order valence-electron chi connectivity index (χ1n) is 6.99. The first-order valence-corrected chi connectivity index (χ1v) is 7.79. The third-order valence-electron chi connectivity index (χ3n) is 3.50. The lowest BCUT2D eigenvalue weighted by Crippen LogP contribution is -2.22. The van der Waals surface area contributed by atoms with Gasteiger partial charge in [-0.05, 0) is 57.5 Å². The number of halogens is 1. The fourth-order valence-electron chi connectivity index (χ4n) is 2.45. The van der Waals surface area contributed by atoms with Gasteiger partial charge in [0.2, 0.25) is 0 Å². The highest BCUT2D eigenvalue weighted by molar-refractivity contribution is 9.10. The summed E-state index contributed by atoms with van der Waals surface area (Å²) in [4.78, 5) is 2.49. The van der Waals surface area contributed by atoms with Crippen molar-refractivity contribution < 1.29 is 9.84 Å². The first kappa shape index (κ1) is 14.8. The van der Waals surface area contributed by atoms with Crippen molar-refractivity contribution in [2.45, 2.75) is 32.3 Å². The Morgan fingerprint density at radius 3 is 2.79 bits per heavy atom. The molecule has 0 bridgehead atoms. The molecular formula is C15H22BrNO2. The van der Waals surface area contributed by atoms with Crippen LogP contribution < -0.4 is 4.74 Å². The van der Waals surface area contributed by atoms with E-state index in [1.54, 1.807) is 6.92 Å². The van der Waals surface area contributed by atoms with Crippen molar-refractivity contribution in [3.8, 4) is 5.75 Å². The summed E-state index contributed by atoms with van der Waals surface area (Å²) in [6, 6.07) is 5.78. The average molecular weight is 328 g/mol. The summed E-state index contributed by atoms with van der Waals surface area (Å²) >= 11 is 3.42. The van der Waals surface area contributed by atoms with Gasteiger partial charge in [0.25, 0.3) is 0 Å². The molecular weight excluding hydrogens is 306 g/mol. The predicted octanol–water partition coefficient (Wildman–Crippen LogP) is 3.37. The van der Waals surface area contributed by atoms with Crippen molar-refractivity contribution >= 4 is 15.9 Å². The van der Waals surface area contributed by atoms with Crippen LogP contribution in [0.4, 0.5) is 0 Å². The third-order valence-corrected chi connectivity index (χ3v) is 3.99. The fraction of sp³-hybridized carbons (Fsp3) is 0.600. The van der Waals surface area contributed by atoms with Crippen molar-refractivity contribution in [3.63, 3.8) is 0 Å². The van der Waals surface area contributed by atoms with E-state index in [1.807, 2.05) is 18.2 Å². The molecule has 0 spiro atoms. The van der Waals surface area contributed by atoms with E-state index >= 15 is 0 Å². The molecule has 19 heavy (non-hydrogen) atoms. The lowest BCUT2D eigenvalue weighted by Gasteiger charge is -2.16. The van der Waals surface area contributed by atoms with E-state index in [0.29, 0.717) is 6.61 Å². The van der Waals surface area contributed by atoms with Gasteiger partial charge in [0.15, 0.2) is 0 Å². The van der Waals surface area contributed by atoms with Crippen LogP contribution in [0.5, 0.6) is 5.75 Å². The maximum Gasteiger partial charge on any atom is 0.125 e. The van der Waals surface area contributed by atoms with Crippen LogP contribution in [0.1, 0.15) is 37.9 Å². The maximum atomic E-state index is 9.75. The average Bonchev–Trinajstić information content (AvgIpc) is 2.89. The minimum atomic E-state index is -0.508. The van der Waals surface area contributed by atoms with Crippen molar-refractivity contribution in [1.29, 1.82) is 0 Å². The van der Waals surface area contributed by atoms with Gasteiger partial charge in [-0.25, -0.2) is 0 Å². The number of aliphatic hydroxyl groups excluding tert-OH is 1. The van der Waals surface area contributed by atoms with Gasteiger partial charge in [-0.15, -0.1) is 0 Å². The smallest absolute Gasteiger partial charge is 0.125 e. The molecule has 1 aliphatic rings. The Labute approximate surface area is 123 Å². The number of hydrogen-bond acceptors (Lipinski definition) is 3. The van der Waals surface area contributed by atoms with Gasteiger partial charge in [-0.2, -0.15) is 0 Å². The minimum Gasteiger partial charge on any atom is -0.493 e. The monoisotopic (exact) mass is 327 g/mol. The Kier molecular flexibility index (Phi) is 5.67. The Morgan fingerprint density at radius 1 is 1.37 bits per heavy atom. The van der Waals surface area contributed by atoms with Gasteiger partial charge >= 0.3 is 0 Å². The second kappa shape index (κ2) is 7.27. The molecule has 1 atom stereocenters.